The van der Waals surface area contributed by atoms with Gasteiger partial charge in [0.2, 0.25) is 0 Å². The Morgan fingerprint density at radius 1 is 1.10 bits per heavy atom. The van der Waals surface area contributed by atoms with Crippen LogP contribution in [0.1, 0.15) is 74.4 Å². The lowest BCUT2D eigenvalue weighted by molar-refractivity contribution is 0.0912. The first-order chi connectivity index (χ1) is 9.42. The van der Waals surface area contributed by atoms with Crippen molar-refractivity contribution in [3.05, 3.63) is 34.9 Å². The molecule has 0 aromatic heterocycles. The fourth-order valence-corrected chi connectivity index (χ4v) is 3.78. The molecule has 1 heterocycles. The summed E-state index contributed by atoms with van der Waals surface area (Å²) in [4.78, 5) is 12.3. The average Bonchev–Trinajstić information content (AvgIpc) is 2.43. The summed E-state index contributed by atoms with van der Waals surface area (Å²) in [6.07, 6.45) is 6.35. The summed E-state index contributed by atoms with van der Waals surface area (Å²) in [6.45, 7) is 7.43. The lowest BCUT2D eigenvalue weighted by Crippen LogP contribution is -2.48. The van der Waals surface area contributed by atoms with E-state index in [0.29, 0.717) is 0 Å². The summed E-state index contributed by atoms with van der Waals surface area (Å²) in [5.41, 5.74) is 3.77. The van der Waals surface area contributed by atoms with Crippen molar-refractivity contribution in [1.29, 1.82) is 0 Å². The van der Waals surface area contributed by atoms with Gasteiger partial charge in [0.25, 0.3) is 5.91 Å². The molecule has 0 atom stereocenters. The van der Waals surface area contributed by atoms with Crippen molar-refractivity contribution < 1.29 is 4.79 Å². The summed E-state index contributed by atoms with van der Waals surface area (Å²) in [5, 5.41) is 3.14. The number of hydrogen-bond donors (Lipinski definition) is 1. The van der Waals surface area contributed by atoms with E-state index in [2.05, 4.69) is 44.3 Å². The zero-order chi connectivity index (χ0) is 14.4. The second kappa shape index (κ2) is 4.61. The largest absolute Gasteiger partial charge is 0.351 e. The number of carbonyl (C=O) groups excluding carboxylic acids is 1. The van der Waals surface area contributed by atoms with Crippen LogP contribution in [0.3, 0.4) is 0 Å². The maximum Gasteiger partial charge on any atom is 0.251 e. The third kappa shape index (κ3) is 2.15. The Kier molecular flexibility index (Phi) is 3.15. The fraction of sp³-hybridized carbons (Fsp3) is 0.611. The van der Waals surface area contributed by atoms with Crippen molar-refractivity contribution in [2.45, 2.75) is 63.7 Å². The van der Waals surface area contributed by atoms with Gasteiger partial charge in [-0.3, -0.25) is 4.79 Å². The molecule has 2 heteroatoms. The Hall–Kier alpha value is -1.31. The molecule has 1 fully saturated rings. The molecular weight excluding hydrogens is 246 g/mol. The molecular formula is C18H25NO. The molecule has 1 aliphatic carbocycles. The monoisotopic (exact) mass is 271 g/mol. The summed E-state index contributed by atoms with van der Waals surface area (Å²) in [5.74, 6) is 0.113. The van der Waals surface area contributed by atoms with Crippen molar-refractivity contribution in [2.24, 2.45) is 0 Å². The first-order valence-electron chi connectivity index (χ1n) is 7.86. The number of rotatable bonds is 0. The van der Waals surface area contributed by atoms with Crippen LogP contribution < -0.4 is 5.32 Å². The molecule has 1 spiro atoms. The van der Waals surface area contributed by atoms with E-state index in [9.17, 15) is 4.79 Å². The van der Waals surface area contributed by atoms with Crippen molar-refractivity contribution >= 4 is 5.91 Å². The topological polar surface area (TPSA) is 29.1 Å². The number of hydrogen-bond acceptors (Lipinski definition) is 1. The molecule has 20 heavy (non-hydrogen) atoms. The highest BCUT2D eigenvalue weighted by Gasteiger charge is 2.40. The molecule has 1 N–H and O–H groups in total. The van der Waals surface area contributed by atoms with E-state index in [4.69, 9.17) is 0 Å². The minimum Gasteiger partial charge on any atom is -0.351 e. The standard InChI is InChI=1S/C18H25NO/c1-17(2,3)13-7-8-15-14(11-13)16(20)19-12-18(15)9-5-4-6-10-18/h7-8,11H,4-6,9-10,12H2,1-3H3,(H,19,20). The van der Waals surface area contributed by atoms with Crippen LogP contribution in [-0.2, 0) is 10.8 Å². The van der Waals surface area contributed by atoms with E-state index in [-0.39, 0.29) is 16.7 Å². The van der Waals surface area contributed by atoms with Crippen molar-refractivity contribution in [1.82, 2.24) is 5.32 Å². The van der Waals surface area contributed by atoms with E-state index in [1.807, 2.05) is 0 Å². The second-order valence-corrected chi connectivity index (χ2v) is 7.53. The molecule has 2 nitrogen and oxygen atoms in total. The van der Waals surface area contributed by atoms with Crippen LogP contribution in [0.25, 0.3) is 0 Å². The van der Waals surface area contributed by atoms with Gasteiger partial charge in [0.05, 0.1) is 0 Å². The van der Waals surface area contributed by atoms with Gasteiger partial charge in [0.1, 0.15) is 0 Å². The smallest absolute Gasteiger partial charge is 0.251 e. The van der Waals surface area contributed by atoms with E-state index < -0.39 is 0 Å². The predicted molar refractivity (Wildman–Crippen MR) is 82.2 cm³/mol. The van der Waals surface area contributed by atoms with Gasteiger partial charge in [0, 0.05) is 17.5 Å². The summed E-state index contributed by atoms with van der Waals surface area (Å²) in [7, 11) is 0. The third-order valence-electron chi connectivity index (χ3n) is 5.10. The molecule has 1 aliphatic heterocycles. The number of fused-ring (bicyclic) bond motifs is 2. The van der Waals surface area contributed by atoms with E-state index in [0.717, 1.165) is 12.1 Å². The first kappa shape index (κ1) is 13.7. The number of nitrogens with one attached hydrogen (secondary N) is 1. The Morgan fingerprint density at radius 3 is 2.45 bits per heavy atom. The maximum absolute atomic E-state index is 12.3. The quantitative estimate of drug-likeness (QED) is 0.761. The van der Waals surface area contributed by atoms with Gasteiger partial charge < -0.3 is 5.32 Å². The predicted octanol–water partition coefficient (Wildman–Crippen LogP) is 3.93. The summed E-state index contributed by atoms with van der Waals surface area (Å²) >= 11 is 0. The fourth-order valence-electron chi connectivity index (χ4n) is 3.78. The SMILES string of the molecule is CC(C)(C)c1ccc2c(c1)C(=O)NCC21CCCCC1. The Morgan fingerprint density at radius 2 is 1.80 bits per heavy atom. The van der Waals surface area contributed by atoms with Crippen LogP contribution in [0.15, 0.2) is 18.2 Å². The molecule has 0 saturated heterocycles. The molecule has 1 amide bonds. The highest BCUT2D eigenvalue weighted by molar-refractivity contribution is 5.97. The lowest BCUT2D eigenvalue weighted by atomic mass is 9.66. The first-order valence-corrected chi connectivity index (χ1v) is 7.86. The highest BCUT2D eigenvalue weighted by atomic mass is 16.1. The van der Waals surface area contributed by atoms with Crippen molar-refractivity contribution in [2.75, 3.05) is 6.54 Å². The Labute approximate surface area is 122 Å². The Bertz CT molecular complexity index is 533. The molecule has 108 valence electrons. The lowest BCUT2D eigenvalue weighted by Gasteiger charge is -2.42. The molecule has 0 unspecified atom stereocenters. The number of benzene rings is 1. The zero-order valence-electron chi connectivity index (χ0n) is 12.9. The van der Waals surface area contributed by atoms with Crippen LogP contribution in [0.5, 0.6) is 0 Å². The van der Waals surface area contributed by atoms with E-state index >= 15 is 0 Å². The normalized spacial score (nSPS) is 21.4. The third-order valence-corrected chi connectivity index (χ3v) is 5.10. The van der Waals surface area contributed by atoms with Crippen molar-refractivity contribution in [3.63, 3.8) is 0 Å². The van der Waals surface area contributed by atoms with E-state index in [1.165, 1.54) is 43.2 Å². The molecule has 2 aliphatic rings. The average molecular weight is 271 g/mol. The van der Waals surface area contributed by atoms with Gasteiger partial charge in [-0.15, -0.1) is 0 Å². The van der Waals surface area contributed by atoms with Crippen LogP contribution in [-0.4, -0.2) is 12.5 Å². The van der Waals surface area contributed by atoms with Gasteiger partial charge in [-0.05, 0) is 35.4 Å². The van der Waals surface area contributed by atoms with Gasteiger partial charge in [-0.1, -0.05) is 52.2 Å². The number of amides is 1. The second-order valence-electron chi connectivity index (χ2n) is 7.53. The molecule has 0 bridgehead atoms. The van der Waals surface area contributed by atoms with Gasteiger partial charge >= 0.3 is 0 Å². The molecule has 1 saturated carbocycles. The molecule has 3 rings (SSSR count). The highest BCUT2D eigenvalue weighted by Crippen LogP contribution is 2.43. The van der Waals surface area contributed by atoms with Gasteiger partial charge in [0.15, 0.2) is 0 Å². The van der Waals surface area contributed by atoms with Crippen molar-refractivity contribution in [3.8, 4) is 0 Å². The minimum absolute atomic E-state index is 0.0898. The van der Waals surface area contributed by atoms with Crippen LogP contribution in [0.2, 0.25) is 0 Å². The maximum atomic E-state index is 12.3. The molecule has 1 aromatic rings. The summed E-state index contributed by atoms with van der Waals surface area (Å²) < 4.78 is 0. The zero-order valence-corrected chi connectivity index (χ0v) is 12.9. The Balaban J connectivity index is 2.09. The van der Waals surface area contributed by atoms with Gasteiger partial charge in [-0.25, -0.2) is 0 Å². The van der Waals surface area contributed by atoms with Crippen LogP contribution in [0.4, 0.5) is 0 Å². The van der Waals surface area contributed by atoms with Crippen LogP contribution in [0, 0.1) is 0 Å². The summed E-state index contributed by atoms with van der Waals surface area (Å²) in [6, 6.07) is 6.59. The minimum atomic E-state index is 0.0898. The number of carbonyl (C=O) groups is 1. The van der Waals surface area contributed by atoms with Gasteiger partial charge in [-0.2, -0.15) is 0 Å². The molecule has 0 radical (unpaired) electrons. The molecule has 1 aromatic carbocycles. The van der Waals surface area contributed by atoms with Crippen LogP contribution >= 0.6 is 0 Å². The van der Waals surface area contributed by atoms with E-state index in [1.54, 1.807) is 0 Å².